The van der Waals surface area contributed by atoms with Crippen LogP contribution in [0.2, 0.25) is 5.15 Å². The zero-order valence-corrected chi connectivity index (χ0v) is 18.7. The van der Waals surface area contributed by atoms with Crippen molar-refractivity contribution in [2.45, 2.75) is 6.92 Å². The average Bonchev–Trinajstić information content (AvgIpc) is 2.78. The lowest BCUT2D eigenvalue weighted by Crippen LogP contribution is -2.44. The summed E-state index contributed by atoms with van der Waals surface area (Å²) < 4.78 is 0. The van der Waals surface area contributed by atoms with Crippen LogP contribution in [-0.4, -0.2) is 59.2 Å². The van der Waals surface area contributed by atoms with Crippen LogP contribution in [-0.2, 0) is 0 Å². The van der Waals surface area contributed by atoms with Crippen molar-refractivity contribution in [3.8, 4) is 11.1 Å². The first-order valence-corrected chi connectivity index (χ1v) is 10.7. The number of nitrogens with two attached hydrogens (primary N) is 1. The van der Waals surface area contributed by atoms with Gasteiger partial charge in [-0.1, -0.05) is 23.7 Å². The van der Waals surface area contributed by atoms with Crippen molar-refractivity contribution in [3.63, 3.8) is 0 Å². The van der Waals surface area contributed by atoms with E-state index in [4.69, 9.17) is 17.3 Å². The van der Waals surface area contributed by atoms with E-state index in [0.29, 0.717) is 5.82 Å². The molecule has 0 spiro atoms. The molecule has 0 unspecified atom stereocenters. The molecule has 0 amide bonds. The average molecular weight is 453 g/mol. The molecule has 1 aliphatic heterocycles. The number of piperazine rings is 1. The number of likely N-dealkylation sites (N-methyl/N-ethyl adjacent to an activating group) is 1. The summed E-state index contributed by atoms with van der Waals surface area (Å²) >= 11 is 6.10. The minimum Gasteiger partial charge on any atom is -0.478 e. The minimum atomic E-state index is -0.947. The number of benzene rings is 2. The molecule has 0 atom stereocenters. The topological polar surface area (TPSA) is 108 Å². The maximum Gasteiger partial charge on any atom is 0.335 e. The van der Waals surface area contributed by atoms with Gasteiger partial charge < -0.3 is 26.0 Å². The van der Waals surface area contributed by atoms with Gasteiger partial charge in [0.1, 0.15) is 12.0 Å². The lowest BCUT2D eigenvalue weighted by atomic mass is 9.97. The Kier molecular flexibility index (Phi) is 6.16. The van der Waals surface area contributed by atoms with Gasteiger partial charge >= 0.3 is 5.97 Å². The van der Waals surface area contributed by atoms with Crippen LogP contribution >= 0.6 is 11.6 Å². The molecular weight excluding hydrogens is 428 g/mol. The van der Waals surface area contributed by atoms with Gasteiger partial charge in [-0.2, -0.15) is 0 Å². The Hall–Kier alpha value is -3.36. The summed E-state index contributed by atoms with van der Waals surface area (Å²) in [5, 5.41) is 12.7. The van der Waals surface area contributed by atoms with E-state index in [0.717, 1.165) is 54.2 Å². The first-order chi connectivity index (χ1) is 15.3. The minimum absolute atomic E-state index is 0.195. The third-order valence-electron chi connectivity index (χ3n) is 5.72. The maximum atomic E-state index is 11.2. The van der Waals surface area contributed by atoms with Crippen molar-refractivity contribution in [2.24, 2.45) is 0 Å². The van der Waals surface area contributed by atoms with Gasteiger partial charge in [0.05, 0.1) is 16.9 Å². The van der Waals surface area contributed by atoms with E-state index >= 15 is 0 Å². The van der Waals surface area contributed by atoms with E-state index in [9.17, 15) is 9.90 Å². The second-order valence-electron chi connectivity index (χ2n) is 7.91. The van der Waals surface area contributed by atoms with Gasteiger partial charge in [-0.25, -0.2) is 14.8 Å². The molecule has 4 N–H and O–H groups in total. The number of hydrogen-bond acceptors (Lipinski definition) is 7. The molecule has 4 rings (SSSR count). The summed E-state index contributed by atoms with van der Waals surface area (Å²) in [6, 6.07) is 11.1. The number of aryl methyl sites for hydroxylation is 1. The molecule has 0 aliphatic carbocycles. The molecule has 166 valence electrons. The SMILES string of the molecule is Cc1cc(N2CCN(C)CC2)c(Nc2ncnc(Cl)c2N)cc1-c1ccc(C(=O)O)cc1. The molecule has 1 aromatic heterocycles. The van der Waals surface area contributed by atoms with Crippen LogP contribution in [0.1, 0.15) is 15.9 Å². The number of aromatic carboxylic acids is 1. The van der Waals surface area contributed by atoms with E-state index in [1.54, 1.807) is 12.1 Å². The highest BCUT2D eigenvalue weighted by Crippen LogP contribution is 2.38. The van der Waals surface area contributed by atoms with Gasteiger partial charge in [0.25, 0.3) is 0 Å². The number of carbonyl (C=O) groups is 1. The van der Waals surface area contributed by atoms with Crippen LogP contribution in [0, 0.1) is 6.92 Å². The molecule has 32 heavy (non-hydrogen) atoms. The fourth-order valence-corrected chi connectivity index (χ4v) is 3.94. The summed E-state index contributed by atoms with van der Waals surface area (Å²) in [4.78, 5) is 24.1. The quantitative estimate of drug-likeness (QED) is 0.500. The van der Waals surface area contributed by atoms with E-state index in [1.807, 2.05) is 18.2 Å². The molecule has 1 aliphatic rings. The Morgan fingerprint density at radius 3 is 2.47 bits per heavy atom. The Morgan fingerprint density at radius 1 is 1.12 bits per heavy atom. The normalized spacial score (nSPS) is 14.4. The predicted octanol–water partition coefficient (Wildman–Crippen LogP) is 3.88. The van der Waals surface area contributed by atoms with Gasteiger partial charge in [-0.05, 0) is 54.9 Å². The van der Waals surface area contributed by atoms with Gasteiger partial charge in [-0.3, -0.25) is 0 Å². The smallest absolute Gasteiger partial charge is 0.335 e. The lowest BCUT2D eigenvalue weighted by molar-refractivity contribution is 0.0697. The standard InChI is InChI=1S/C23H25ClN6O2/c1-14-11-19(30-9-7-29(2)8-10-30)18(28-22-20(25)21(24)26-13-27-22)12-17(14)15-3-5-16(6-4-15)23(31)32/h3-6,11-13H,7-10,25H2,1-2H3,(H,31,32)(H,26,27,28). The molecule has 1 fully saturated rings. The summed E-state index contributed by atoms with van der Waals surface area (Å²) in [7, 11) is 2.12. The van der Waals surface area contributed by atoms with Crippen LogP contribution in [0.4, 0.5) is 22.9 Å². The maximum absolute atomic E-state index is 11.2. The third-order valence-corrected chi connectivity index (χ3v) is 6.02. The first kappa shape index (κ1) is 21.9. The van der Waals surface area contributed by atoms with E-state index in [2.05, 4.69) is 45.1 Å². The number of nitrogens with zero attached hydrogens (tertiary/aromatic N) is 4. The van der Waals surface area contributed by atoms with Gasteiger partial charge in [-0.15, -0.1) is 0 Å². The number of anilines is 4. The highest BCUT2D eigenvalue weighted by atomic mass is 35.5. The molecule has 9 heteroatoms. The Morgan fingerprint density at radius 2 is 1.81 bits per heavy atom. The van der Waals surface area contributed by atoms with Gasteiger partial charge in [0.15, 0.2) is 11.0 Å². The molecule has 1 saturated heterocycles. The van der Waals surface area contributed by atoms with E-state index < -0.39 is 5.97 Å². The molecule has 0 radical (unpaired) electrons. The number of hydrogen-bond donors (Lipinski definition) is 3. The number of nitrogen functional groups attached to an aromatic ring is 1. The third kappa shape index (κ3) is 4.46. The summed E-state index contributed by atoms with van der Waals surface area (Å²) in [5.41, 5.74) is 11.5. The van der Waals surface area contributed by atoms with Crippen LogP contribution in [0.15, 0.2) is 42.7 Å². The second kappa shape index (κ2) is 9.02. The molecule has 2 aromatic carbocycles. The van der Waals surface area contributed by atoms with Crippen molar-refractivity contribution in [2.75, 3.05) is 49.2 Å². The molecule has 0 saturated carbocycles. The Bertz CT molecular complexity index is 1140. The molecular formula is C23H25ClN6O2. The zero-order chi connectivity index (χ0) is 22.8. The molecule has 3 aromatic rings. The molecule has 0 bridgehead atoms. The zero-order valence-electron chi connectivity index (χ0n) is 18.0. The van der Waals surface area contributed by atoms with Crippen molar-refractivity contribution in [1.82, 2.24) is 14.9 Å². The van der Waals surface area contributed by atoms with Crippen LogP contribution in [0.25, 0.3) is 11.1 Å². The fraction of sp³-hybridized carbons (Fsp3) is 0.261. The number of rotatable bonds is 5. The predicted molar refractivity (Wildman–Crippen MR) is 128 cm³/mol. The highest BCUT2D eigenvalue weighted by Gasteiger charge is 2.20. The first-order valence-electron chi connectivity index (χ1n) is 10.3. The lowest BCUT2D eigenvalue weighted by Gasteiger charge is -2.35. The van der Waals surface area contributed by atoms with Gasteiger partial charge in [0, 0.05) is 26.2 Å². The summed E-state index contributed by atoms with van der Waals surface area (Å²) in [6.45, 7) is 5.80. The van der Waals surface area contributed by atoms with Gasteiger partial charge in [0.2, 0.25) is 0 Å². The van der Waals surface area contributed by atoms with Crippen molar-refractivity contribution >= 4 is 40.5 Å². The second-order valence-corrected chi connectivity index (χ2v) is 8.27. The number of halogens is 1. The van der Waals surface area contributed by atoms with Crippen LogP contribution in [0.3, 0.4) is 0 Å². The molecule has 8 nitrogen and oxygen atoms in total. The van der Waals surface area contributed by atoms with Crippen molar-refractivity contribution in [3.05, 3.63) is 59.0 Å². The Balaban J connectivity index is 1.78. The van der Waals surface area contributed by atoms with Crippen molar-refractivity contribution < 1.29 is 9.90 Å². The number of carboxylic acids is 1. The van der Waals surface area contributed by atoms with E-state index in [-0.39, 0.29) is 16.4 Å². The van der Waals surface area contributed by atoms with Crippen molar-refractivity contribution in [1.29, 1.82) is 0 Å². The monoisotopic (exact) mass is 452 g/mol. The Labute approximate surface area is 191 Å². The summed E-state index contributed by atoms with van der Waals surface area (Å²) in [5.74, 6) is -0.506. The largest absolute Gasteiger partial charge is 0.478 e. The van der Waals surface area contributed by atoms with Crippen LogP contribution < -0.4 is 16.0 Å². The number of aromatic nitrogens is 2. The molecule has 2 heterocycles. The number of carboxylic acid groups (broad SMARTS) is 1. The van der Waals surface area contributed by atoms with E-state index in [1.165, 1.54) is 6.33 Å². The number of nitrogens with one attached hydrogen (secondary N) is 1. The summed E-state index contributed by atoms with van der Waals surface area (Å²) in [6.07, 6.45) is 1.37. The van der Waals surface area contributed by atoms with Crippen LogP contribution in [0.5, 0.6) is 0 Å². The highest BCUT2D eigenvalue weighted by molar-refractivity contribution is 6.32. The fourth-order valence-electron chi connectivity index (χ4n) is 3.81.